The standard InChI is InChI=1S/C11H13N3O4/c1-3-18-10(15)9(7-13)8-14(6-4-5-12)11(16)17-2/h8H,3-4,6H2,1-2H3/b9-8+. The summed E-state index contributed by atoms with van der Waals surface area (Å²) in [6.07, 6.45) is 0.302. The maximum absolute atomic E-state index is 11.3. The van der Waals surface area contributed by atoms with Crippen LogP contribution < -0.4 is 0 Å². The zero-order valence-electron chi connectivity index (χ0n) is 10.2. The SMILES string of the molecule is CCOC(=O)/C(C#N)=C/N(CCC#N)C(=O)OC. The molecule has 7 nitrogen and oxygen atoms in total. The van der Waals surface area contributed by atoms with E-state index in [4.69, 9.17) is 10.5 Å². The van der Waals surface area contributed by atoms with Gasteiger partial charge in [0.2, 0.25) is 0 Å². The van der Waals surface area contributed by atoms with Gasteiger partial charge in [0.1, 0.15) is 6.07 Å². The number of carbonyl (C=O) groups is 2. The third kappa shape index (κ3) is 4.99. The van der Waals surface area contributed by atoms with E-state index in [1.807, 2.05) is 6.07 Å². The third-order valence-electron chi connectivity index (χ3n) is 1.77. The third-order valence-corrected chi connectivity index (χ3v) is 1.77. The van der Waals surface area contributed by atoms with Gasteiger partial charge in [0.25, 0.3) is 0 Å². The van der Waals surface area contributed by atoms with E-state index < -0.39 is 12.1 Å². The molecule has 0 rings (SSSR count). The molecule has 0 aliphatic carbocycles. The second-order valence-corrected chi connectivity index (χ2v) is 2.95. The van der Waals surface area contributed by atoms with Crippen LogP contribution in [0.15, 0.2) is 11.8 Å². The van der Waals surface area contributed by atoms with Gasteiger partial charge in [0, 0.05) is 12.7 Å². The molecule has 0 aliphatic rings. The Morgan fingerprint density at radius 3 is 2.50 bits per heavy atom. The van der Waals surface area contributed by atoms with Crippen molar-refractivity contribution in [2.24, 2.45) is 0 Å². The normalized spacial score (nSPS) is 9.89. The van der Waals surface area contributed by atoms with Gasteiger partial charge < -0.3 is 9.47 Å². The first-order chi connectivity index (χ1) is 8.60. The molecule has 0 saturated heterocycles. The van der Waals surface area contributed by atoms with Crippen molar-refractivity contribution in [1.29, 1.82) is 10.5 Å². The fraction of sp³-hybridized carbons (Fsp3) is 0.455. The highest BCUT2D eigenvalue weighted by molar-refractivity contribution is 5.93. The zero-order valence-corrected chi connectivity index (χ0v) is 10.2. The Morgan fingerprint density at radius 2 is 2.06 bits per heavy atom. The van der Waals surface area contributed by atoms with E-state index in [-0.39, 0.29) is 25.1 Å². The van der Waals surface area contributed by atoms with Crippen LogP contribution in [-0.4, -0.2) is 37.2 Å². The molecule has 0 unspecified atom stereocenters. The van der Waals surface area contributed by atoms with Gasteiger partial charge in [0.15, 0.2) is 5.57 Å². The van der Waals surface area contributed by atoms with E-state index in [0.717, 1.165) is 18.2 Å². The predicted octanol–water partition coefficient (Wildman–Crippen LogP) is 0.939. The monoisotopic (exact) mass is 251 g/mol. The number of rotatable bonds is 5. The van der Waals surface area contributed by atoms with Crippen LogP contribution >= 0.6 is 0 Å². The lowest BCUT2D eigenvalue weighted by Gasteiger charge is -2.15. The quantitative estimate of drug-likeness (QED) is 0.409. The molecule has 18 heavy (non-hydrogen) atoms. The van der Waals surface area contributed by atoms with Gasteiger partial charge in [-0.2, -0.15) is 10.5 Å². The van der Waals surface area contributed by atoms with Crippen LogP contribution in [0, 0.1) is 22.7 Å². The summed E-state index contributed by atoms with van der Waals surface area (Å²) in [5, 5.41) is 17.2. The maximum atomic E-state index is 11.3. The summed E-state index contributed by atoms with van der Waals surface area (Å²) in [6.45, 7) is 1.74. The van der Waals surface area contributed by atoms with Crippen LogP contribution in [0.25, 0.3) is 0 Å². The maximum Gasteiger partial charge on any atom is 0.413 e. The fourth-order valence-electron chi connectivity index (χ4n) is 0.988. The van der Waals surface area contributed by atoms with E-state index in [1.165, 1.54) is 0 Å². The van der Waals surface area contributed by atoms with E-state index >= 15 is 0 Å². The highest BCUT2D eigenvalue weighted by atomic mass is 16.5. The first kappa shape index (κ1) is 15.5. The van der Waals surface area contributed by atoms with Crippen LogP contribution in [0.5, 0.6) is 0 Å². The fourth-order valence-corrected chi connectivity index (χ4v) is 0.988. The molecule has 1 amide bonds. The molecular weight excluding hydrogens is 238 g/mol. The summed E-state index contributed by atoms with van der Waals surface area (Å²) >= 11 is 0. The molecule has 0 bridgehead atoms. The molecule has 0 aromatic heterocycles. The van der Waals surface area contributed by atoms with Crippen LogP contribution in [-0.2, 0) is 14.3 Å². The van der Waals surface area contributed by atoms with Crippen molar-refractivity contribution in [1.82, 2.24) is 4.90 Å². The Kier molecular flexibility index (Phi) is 7.38. The molecule has 0 radical (unpaired) electrons. The number of nitrogens with zero attached hydrogens (tertiary/aromatic N) is 3. The first-order valence-electron chi connectivity index (χ1n) is 5.11. The number of carbonyl (C=O) groups excluding carboxylic acids is 2. The Labute approximate surface area is 105 Å². The van der Waals surface area contributed by atoms with Gasteiger partial charge in [-0.25, -0.2) is 9.59 Å². The zero-order chi connectivity index (χ0) is 14.0. The molecule has 96 valence electrons. The molecule has 0 saturated carbocycles. The van der Waals surface area contributed by atoms with Crippen LogP contribution in [0.2, 0.25) is 0 Å². The molecule has 0 aliphatic heterocycles. The highest BCUT2D eigenvalue weighted by Crippen LogP contribution is 2.03. The molecule has 0 atom stereocenters. The van der Waals surface area contributed by atoms with Crippen molar-refractivity contribution < 1.29 is 19.1 Å². The van der Waals surface area contributed by atoms with Crippen molar-refractivity contribution in [3.63, 3.8) is 0 Å². The second-order valence-electron chi connectivity index (χ2n) is 2.95. The minimum absolute atomic E-state index is 0.0216. The van der Waals surface area contributed by atoms with Crippen LogP contribution in [0.1, 0.15) is 13.3 Å². The van der Waals surface area contributed by atoms with E-state index in [1.54, 1.807) is 13.0 Å². The lowest BCUT2D eigenvalue weighted by atomic mass is 10.3. The molecular formula is C11H13N3O4. The van der Waals surface area contributed by atoms with Crippen LogP contribution in [0.4, 0.5) is 4.79 Å². The number of methoxy groups -OCH3 is 1. The average molecular weight is 251 g/mol. The van der Waals surface area contributed by atoms with Gasteiger partial charge in [-0.15, -0.1) is 0 Å². The van der Waals surface area contributed by atoms with Crippen molar-refractivity contribution in [2.75, 3.05) is 20.3 Å². The van der Waals surface area contributed by atoms with Crippen molar-refractivity contribution in [3.8, 4) is 12.1 Å². The van der Waals surface area contributed by atoms with Gasteiger partial charge in [-0.3, -0.25) is 4.90 Å². The number of nitriles is 2. The number of ether oxygens (including phenoxy) is 2. The summed E-state index contributed by atoms with van der Waals surface area (Å²) in [7, 11) is 1.16. The molecule has 0 N–H and O–H groups in total. The average Bonchev–Trinajstić information content (AvgIpc) is 2.38. The lowest BCUT2D eigenvalue weighted by Crippen LogP contribution is -2.27. The first-order valence-corrected chi connectivity index (χ1v) is 5.11. The summed E-state index contributed by atoms with van der Waals surface area (Å²) in [5.74, 6) is -0.828. The van der Waals surface area contributed by atoms with Crippen molar-refractivity contribution in [2.45, 2.75) is 13.3 Å². The van der Waals surface area contributed by atoms with Gasteiger partial charge in [-0.1, -0.05) is 0 Å². The molecule has 0 fully saturated rings. The molecule has 0 heterocycles. The van der Waals surface area contributed by atoms with Gasteiger partial charge in [0.05, 0.1) is 26.2 Å². The smallest absolute Gasteiger partial charge is 0.413 e. The number of esters is 1. The van der Waals surface area contributed by atoms with E-state index in [2.05, 4.69) is 9.47 Å². The molecule has 0 spiro atoms. The van der Waals surface area contributed by atoms with E-state index in [0.29, 0.717) is 0 Å². The minimum Gasteiger partial charge on any atom is -0.462 e. The molecule has 0 aromatic carbocycles. The van der Waals surface area contributed by atoms with Gasteiger partial charge >= 0.3 is 12.1 Å². The number of amides is 1. The summed E-state index contributed by atoms with van der Waals surface area (Å²) in [5.41, 5.74) is -0.333. The Morgan fingerprint density at radius 1 is 1.39 bits per heavy atom. The van der Waals surface area contributed by atoms with Gasteiger partial charge in [-0.05, 0) is 6.92 Å². The Hall–Kier alpha value is -2.54. The van der Waals surface area contributed by atoms with E-state index in [9.17, 15) is 9.59 Å². The highest BCUT2D eigenvalue weighted by Gasteiger charge is 2.16. The summed E-state index contributed by atoms with van der Waals surface area (Å²) in [6, 6.07) is 3.47. The number of hydrogen-bond acceptors (Lipinski definition) is 6. The predicted molar refractivity (Wildman–Crippen MR) is 59.7 cm³/mol. The summed E-state index contributed by atoms with van der Waals surface area (Å²) in [4.78, 5) is 23.6. The lowest BCUT2D eigenvalue weighted by molar-refractivity contribution is -0.138. The largest absolute Gasteiger partial charge is 0.462 e. The molecule has 7 heteroatoms. The second kappa shape index (κ2) is 8.59. The Balaban J connectivity index is 5.00. The topological polar surface area (TPSA) is 103 Å². The minimum atomic E-state index is -0.828. The molecule has 0 aromatic rings. The summed E-state index contributed by atoms with van der Waals surface area (Å²) < 4.78 is 9.11. The van der Waals surface area contributed by atoms with Crippen LogP contribution in [0.3, 0.4) is 0 Å². The Bertz CT molecular complexity index is 417. The number of hydrogen-bond donors (Lipinski definition) is 0. The van der Waals surface area contributed by atoms with Crippen molar-refractivity contribution in [3.05, 3.63) is 11.8 Å². The van der Waals surface area contributed by atoms with Crippen molar-refractivity contribution >= 4 is 12.1 Å².